The predicted molar refractivity (Wildman–Crippen MR) is 83.7 cm³/mol. The molecule has 0 aromatic rings. The van der Waals surface area contributed by atoms with E-state index in [-0.39, 0.29) is 29.9 Å². The first-order valence-corrected chi connectivity index (χ1v) is 8.61. The van der Waals surface area contributed by atoms with Gasteiger partial charge in [-0.25, -0.2) is 0 Å². The molecule has 4 saturated carbocycles. The van der Waals surface area contributed by atoms with E-state index in [1.807, 2.05) is 0 Å². The molecule has 0 spiro atoms. The van der Waals surface area contributed by atoms with Gasteiger partial charge in [-0.05, 0) is 61.2 Å². The van der Waals surface area contributed by atoms with Gasteiger partial charge < -0.3 is 10.4 Å². The van der Waals surface area contributed by atoms with Crippen molar-refractivity contribution in [1.82, 2.24) is 5.32 Å². The smallest absolute Gasteiger partial charge is 0.226 e. The van der Waals surface area contributed by atoms with Gasteiger partial charge in [-0.3, -0.25) is 4.79 Å². The van der Waals surface area contributed by atoms with Crippen molar-refractivity contribution in [2.24, 2.45) is 28.1 Å². The Bertz CT molecular complexity index is 426. The summed E-state index contributed by atoms with van der Waals surface area (Å²) in [5, 5.41) is 12.7. The molecule has 0 radical (unpaired) electrons. The molecule has 3 heteroatoms. The molecular weight excluding hydrogens is 262 g/mol. The van der Waals surface area contributed by atoms with Crippen molar-refractivity contribution in [3.63, 3.8) is 0 Å². The van der Waals surface area contributed by atoms with E-state index in [1.54, 1.807) is 0 Å². The Morgan fingerprint density at radius 1 is 1.14 bits per heavy atom. The Balaban J connectivity index is 1.82. The fraction of sp³-hybridized carbons (Fsp3) is 0.944. The van der Waals surface area contributed by atoms with Crippen LogP contribution >= 0.6 is 0 Å². The van der Waals surface area contributed by atoms with Crippen LogP contribution in [0.2, 0.25) is 0 Å². The molecule has 3 nitrogen and oxygen atoms in total. The van der Waals surface area contributed by atoms with Crippen molar-refractivity contribution in [3.05, 3.63) is 0 Å². The second kappa shape index (κ2) is 4.71. The summed E-state index contributed by atoms with van der Waals surface area (Å²) < 4.78 is 0. The van der Waals surface area contributed by atoms with Crippen molar-refractivity contribution < 1.29 is 9.90 Å². The number of hydrogen-bond acceptors (Lipinski definition) is 2. The number of carbonyl (C=O) groups excluding carboxylic acids is 1. The maximum absolute atomic E-state index is 13.0. The molecule has 4 rings (SSSR count). The Morgan fingerprint density at radius 2 is 1.71 bits per heavy atom. The number of amides is 1. The minimum atomic E-state index is -0.161. The third-order valence-electron chi connectivity index (χ3n) is 6.43. The summed E-state index contributed by atoms with van der Waals surface area (Å²) >= 11 is 0. The van der Waals surface area contributed by atoms with Gasteiger partial charge in [-0.2, -0.15) is 0 Å². The predicted octanol–water partition coefficient (Wildman–Crippen LogP) is 3.12. The van der Waals surface area contributed by atoms with E-state index in [0.717, 1.165) is 25.2 Å². The Kier molecular flexibility index (Phi) is 3.44. The zero-order valence-electron chi connectivity index (χ0n) is 14.0. The molecule has 2 unspecified atom stereocenters. The topological polar surface area (TPSA) is 49.3 Å². The van der Waals surface area contributed by atoms with Crippen LogP contribution in [-0.2, 0) is 4.79 Å². The van der Waals surface area contributed by atoms with Crippen molar-refractivity contribution in [1.29, 1.82) is 0 Å². The monoisotopic (exact) mass is 293 g/mol. The molecule has 21 heavy (non-hydrogen) atoms. The lowest BCUT2D eigenvalue weighted by atomic mass is 9.40. The van der Waals surface area contributed by atoms with E-state index < -0.39 is 0 Å². The average Bonchev–Trinajstić information content (AvgIpc) is 2.30. The van der Waals surface area contributed by atoms with Crippen LogP contribution in [0.25, 0.3) is 0 Å². The van der Waals surface area contributed by atoms with Gasteiger partial charge in [0, 0.05) is 0 Å². The van der Waals surface area contributed by atoms with Crippen LogP contribution in [0.15, 0.2) is 0 Å². The lowest BCUT2D eigenvalue weighted by Gasteiger charge is -2.64. The van der Waals surface area contributed by atoms with Crippen LogP contribution in [0, 0.1) is 28.1 Å². The van der Waals surface area contributed by atoms with Gasteiger partial charge in [0.1, 0.15) is 0 Å². The van der Waals surface area contributed by atoms with Gasteiger partial charge in [0.2, 0.25) is 5.91 Å². The summed E-state index contributed by atoms with van der Waals surface area (Å²) in [7, 11) is 0. The van der Waals surface area contributed by atoms with Crippen LogP contribution in [0.1, 0.15) is 66.2 Å². The number of hydrogen-bond donors (Lipinski definition) is 2. The fourth-order valence-electron chi connectivity index (χ4n) is 6.45. The Hall–Kier alpha value is -0.570. The summed E-state index contributed by atoms with van der Waals surface area (Å²) in [6.07, 6.45) is 7.08. The van der Waals surface area contributed by atoms with E-state index in [1.165, 1.54) is 19.3 Å². The number of aliphatic hydroxyl groups is 1. The van der Waals surface area contributed by atoms with Crippen LogP contribution < -0.4 is 5.32 Å². The zero-order valence-corrected chi connectivity index (χ0v) is 14.0. The molecule has 0 heterocycles. The highest BCUT2D eigenvalue weighted by Gasteiger charge is 2.62. The molecule has 0 saturated heterocycles. The summed E-state index contributed by atoms with van der Waals surface area (Å²) in [5.74, 6) is 1.23. The van der Waals surface area contributed by atoms with Crippen molar-refractivity contribution in [2.75, 3.05) is 6.61 Å². The quantitative estimate of drug-likeness (QED) is 0.836. The lowest BCUT2D eigenvalue weighted by Crippen LogP contribution is -2.61. The highest BCUT2D eigenvalue weighted by Crippen LogP contribution is 2.69. The van der Waals surface area contributed by atoms with E-state index in [2.05, 4.69) is 33.0 Å². The molecule has 4 fully saturated rings. The molecule has 3 atom stereocenters. The zero-order chi connectivity index (χ0) is 15.5. The Labute approximate surface area is 128 Å². The first-order valence-electron chi connectivity index (χ1n) is 8.61. The molecule has 120 valence electrons. The molecule has 0 aromatic heterocycles. The minimum Gasteiger partial charge on any atom is -0.394 e. The Morgan fingerprint density at radius 3 is 2.14 bits per heavy atom. The van der Waals surface area contributed by atoms with Crippen LogP contribution in [-0.4, -0.2) is 23.7 Å². The van der Waals surface area contributed by atoms with Gasteiger partial charge >= 0.3 is 0 Å². The SMILES string of the molecule is CC(C)[C@@H](CO)NC(=O)C12CC3CC(C)(CC(C)(C3)C1)C2. The molecule has 0 aliphatic heterocycles. The number of carbonyl (C=O) groups is 1. The summed E-state index contributed by atoms with van der Waals surface area (Å²) in [6.45, 7) is 8.94. The molecule has 4 bridgehead atoms. The van der Waals surface area contributed by atoms with Gasteiger partial charge in [0.15, 0.2) is 0 Å². The van der Waals surface area contributed by atoms with E-state index >= 15 is 0 Å². The summed E-state index contributed by atoms with van der Waals surface area (Å²) in [5.41, 5.74) is 0.557. The third kappa shape index (κ3) is 2.52. The van der Waals surface area contributed by atoms with E-state index in [0.29, 0.717) is 10.8 Å². The molecule has 4 aliphatic carbocycles. The van der Waals surface area contributed by atoms with E-state index in [4.69, 9.17) is 0 Å². The third-order valence-corrected chi connectivity index (χ3v) is 6.43. The highest BCUT2D eigenvalue weighted by atomic mass is 16.3. The summed E-state index contributed by atoms with van der Waals surface area (Å²) in [4.78, 5) is 13.0. The molecule has 4 aliphatic rings. The summed E-state index contributed by atoms with van der Waals surface area (Å²) in [6, 6.07) is -0.105. The number of rotatable bonds is 4. The van der Waals surface area contributed by atoms with Crippen LogP contribution in [0.4, 0.5) is 0 Å². The normalized spacial score (nSPS) is 45.9. The van der Waals surface area contributed by atoms with Gasteiger partial charge in [-0.15, -0.1) is 0 Å². The first kappa shape index (κ1) is 15.3. The van der Waals surface area contributed by atoms with Crippen molar-refractivity contribution in [2.45, 2.75) is 72.3 Å². The van der Waals surface area contributed by atoms with Crippen LogP contribution in [0.5, 0.6) is 0 Å². The molecule has 0 aromatic carbocycles. The molecular formula is C18H31NO2. The lowest BCUT2D eigenvalue weighted by molar-refractivity contribution is -0.171. The van der Waals surface area contributed by atoms with Crippen molar-refractivity contribution >= 4 is 5.91 Å². The molecule has 1 amide bonds. The second-order valence-corrected chi connectivity index (χ2v) is 9.42. The first-order chi connectivity index (χ1) is 9.69. The van der Waals surface area contributed by atoms with Crippen LogP contribution in [0.3, 0.4) is 0 Å². The van der Waals surface area contributed by atoms with Gasteiger partial charge in [0.25, 0.3) is 0 Å². The number of nitrogens with one attached hydrogen (secondary N) is 1. The van der Waals surface area contributed by atoms with Gasteiger partial charge in [-0.1, -0.05) is 27.7 Å². The average molecular weight is 293 g/mol. The van der Waals surface area contributed by atoms with Crippen molar-refractivity contribution in [3.8, 4) is 0 Å². The standard InChI is InChI=1S/C18H31NO2/c1-12(2)14(8-20)19-15(21)18-7-13-5-16(3,10-18)9-17(4,6-13)11-18/h12-14,20H,5-11H2,1-4H3,(H,19,21)/t13?,14-,16?,17?,18?/m1/s1. The minimum absolute atomic E-state index is 0.0391. The van der Waals surface area contributed by atoms with E-state index in [9.17, 15) is 9.90 Å². The fourth-order valence-corrected chi connectivity index (χ4v) is 6.45. The maximum atomic E-state index is 13.0. The largest absolute Gasteiger partial charge is 0.394 e. The second-order valence-electron chi connectivity index (χ2n) is 9.42. The van der Waals surface area contributed by atoms with Gasteiger partial charge in [0.05, 0.1) is 18.1 Å². The molecule has 2 N–H and O–H groups in total. The number of aliphatic hydroxyl groups excluding tert-OH is 1. The maximum Gasteiger partial charge on any atom is 0.226 e. The highest BCUT2D eigenvalue weighted by molar-refractivity contribution is 5.83.